The van der Waals surface area contributed by atoms with Crippen molar-refractivity contribution in [2.45, 2.75) is 31.7 Å². The molecule has 1 atom stereocenters. The number of carboxylic acid groups (broad SMARTS) is 1. The first-order valence-corrected chi connectivity index (χ1v) is 7.66. The highest BCUT2D eigenvalue weighted by Gasteiger charge is 2.31. The molecule has 1 saturated heterocycles. The summed E-state index contributed by atoms with van der Waals surface area (Å²) in [6.07, 6.45) is 3.13. The molecule has 4 nitrogen and oxygen atoms in total. The van der Waals surface area contributed by atoms with Gasteiger partial charge in [-0.2, -0.15) is 0 Å². The van der Waals surface area contributed by atoms with E-state index in [9.17, 15) is 14.7 Å². The van der Waals surface area contributed by atoms with Crippen LogP contribution in [-0.4, -0.2) is 34.5 Å². The fraction of sp³-hybridized carbons (Fsp3) is 0.429. The minimum absolute atomic E-state index is 0.261. The van der Waals surface area contributed by atoms with Crippen LogP contribution in [0.25, 0.3) is 0 Å². The normalized spacial score (nSPS) is 19.5. The van der Waals surface area contributed by atoms with Crippen molar-refractivity contribution >= 4 is 39.4 Å². The van der Waals surface area contributed by atoms with Gasteiger partial charge in [-0.15, -0.1) is 0 Å². The summed E-state index contributed by atoms with van der Waals surface area (Å²) in [7, 11) is 0. The summed E-state index contributed by atoms with van der Waals surface area (Å²) in [4.78, 5) is 25.4. The van der Waals surface area contributed by atoms with Crippen LogP contribution >= 0.6 is 27.5 Å². The van der Waals surface area contributed by atoms with Gasteiger partial charge >= 0.3 is 5.97 Å². The number of hydrogen-bond acceptors (Lipinski definition) is 2. The smallest absolute Gasteiger partial charge is 0.326 e. The minimum atomic E-state index is -0.940. The number of nitrogens with zero attached hydrogens (tertiary/aromatic N) is 1. The predicted octanol–water partition coefficient (Wildman–Crippen LogP) is 3.57. The lowest BCUT2D eigenvalue weighted by atomic mass is 10.1. The van der Waals surface area contributed by atoms with Crippen molar-refractivity contribution in [3.63, 3.8) is 0 Å². The Kier molecular flexibility index (Phi) is 5.05. The summed E-state index contributed by atoms with van der Waals surface area (Å²) < 4.78 is 0.586. The van der Waals surface area contributed by atoms with Crippen molar-refractivity contribution in [1.82, 2.24) is 4.90 Å². The Bertz CT molecular complexity index is 535. The number of amides is 1. The van der Waals surface area contributed by atoms with Gasteiger partial charge < -0.3 is 10.0 Å². The third-order valence-corrected chi connectivity index (χ3v) is 4.35. The molecule has 0 bridgehead atoms. The third kappa shape index (κ3) is 3.33. The lowest BCUT2D eigenvalue weighted by Gasteiger charge is -2.27. The molecule has 0 radical (unpaired) electrons. The maximum absolute atomic E-state index is 12.6. The molecule has 1 aromatic carbocycles. The van der Waals surface area contributed by atoms with Crippen LogP contribution in [0.2, 0.25) is 5.02 Å². The van der Waals surface area contributed by atoms with Crippen molar-refractivity contribution in [3.8, 4) is 0 Å². The van der Waals surface area contributed by atoms with Crippen molar-refractivity contribution in [1.29, 1.82) is 0 Å². The molecule has 1 heterocycles. The molecule has 1 aliphatic heterocycles. The highest BCUT2D eigenvalue weighted by atomic mass is 79.9. The number of aliphatic carboxylic acids is 1. The summed E-state index contributed by atoms with van der Waals surface area (Å²) >= 11 is 9.18. The van der Waals surface area contributed by atoms with E-state index in [4.69, 9.17) is 11.6 Å². The number of rotatable bonds is 2. The van der Waals surface area contributed by atoms with Gasteiger partial charge in [-0.05, 0) is 47.0 Å². The standard InChI is InChI=1S/C14H15BrClNO3/c15-11-8-9(16)5-6-10(11)13(18)17-7-3-1-2-4-12(17)14(19)20/h5-6,8,12H,1-4,7H2,(H,19,20). The Labute approximate surface area is 130 Å². The molecule has 1 fully saturated rings. The zero-order valence-corrected chi connectivity index (χ0v) is 13.2. The molecule has 1 N–H and O–H groups in total. The van der Waals surface area contributed by atoms with Gasteiger partial charge in [-0.3, -0.25) is 4.79 Å². The SMILES string of the molecule is O=C(O)C1CCCCCN1C(=O)c1ccc(Cl)cc1Br. The van der Waals surface area contributed by atoms with Gasteiger partial charge in [0.05, 0.1) is 5.56 Å². The first-order valence-electron chi connectivity index (χ1n) is 6.49. The van der Waals surface area contributed by atoms with E-state index in [1.165, 1.54) is 4.90 Å². The first-order chi connectivity index (χ1) is 9.50. The highest BCUT2D eigenvalue weighted by molar-refractivity contribution is 9.10. The maximum atomic E-state index is 12.6. The summed E-state index contributed by atoms with van der Waals surface area (Å²) in [6, 6.07) is 4.15. The zero-order chi connectivity index (χ0) is 14.7. The number of carbonyl (C=O) groups is 2. The molecule has 20 heavy (non-hydrogen) atoms. The Morgan fingerprint density at radius 3 is 2.70 bits per heavy atom. The van der Waals surface area contributed by atoms with Crippen LogP contribution in [0.1, 0.15) is 36.0 Å². The van der Waals surface area contributed by atoms with E-state index in [0.717, 1.165) is 19.3 Å². The Balaban J connectivity index is 2.31. The maximum Gasteiger partial charge on any atom is 0.326 e. The molecule has 1 aromatic rings. The molecule has 1 amide bonds. The van der Waals surface area contributed by atoms with E-state index >= 15 is 0 Å². The summed E-state index contributed by atoms with van der Waals surface area (Å²) in [5, 5.41) is 9.84. The Morgan fingerprint density at radius 2 is 2.05 bits per heavy atom. The van der Waals surface area contributed by atoms with Gasteiger partial charge in [0.1, 0.15) is 6.04 Å². The van der Waals surface area contributed by atoms with Gasteiger partial charge in [0.15, 0.2) is 0 Å². The van der Waals surface area contributed by atoms with Gasteiger partial charge in [0.2, 0.25) is 0 Å². The average Bonchev–Trinajstić information content (AvgIpc) is 2.63. The summed E-state index contributed by atoms with van der Waals surface area (Å²) in [5.74, 6) is -1.20. The van der Waals surface area contributed by atoms with Crippen LogP contribution in [0.3, 0.4) is 0 Å². The highest BCUT2D eigenvalue weighted by Crippen LogP contribution is 2.26. The molecule has 108 valence electrons. The van der Waals surface area contributed by atoms with Crippen molar-refractivity contribution in [2.75, 3.05) is 6.54 Å². The average molecular weight is 361 g/mol. The number of carboxylic acids is 1. The van der Waals surface area contributed by atoms with Crippen LogP contribution in [0, 0.1) is 0 Å². The number of likely N-dealkylation sites (tertiary alicyclic amines) is 1. The van der Waals surface area contributed by atoms with E-state index in [1.54, 1.807) is 18.2 Å². The largest absolute Gasteiger partial charge is 0.480 e. The molecular formula is C14H15BrClNO3. The van der Waals surface area contributed by atoms with Crippen molar-refractivity contribution in [2.24, 2.45) is 0 Å². The van der Waals surface area contributed by atoms with Crippen LogP contribution < -0.4 is 0 Å². The van der Waals surface area contributed by atoms with Crippen LogP contribution in [0.5, 0.6) is 0 Å². The molecular weight excluding hydrogens is 346 g/mol. The second kappa shape index (κ2) is 6.59. The molecule has 0 aromatic heterocycles. The van der Waals surface area contributed by atoms with E-state index in [1.807, 2.05) is 0 Å². The Morgan fingerprint density at radius 1 is 1.30 bits per heavy atom. The number of hydrogen-bond donors (Lipinski definition) is 1. The van der Waals surface area contributed by atoms with E-state index < -0.39 is 12.0 Å². The van der Waals surface area contributed by atoms with Gasteiger partial charge in [-0.1, -0.05) is 24.4 Å². The fourth-order valence-corrected chi connectivity index (χ4v) is 3.28. The monoisotopic (exact) mass is 359 g/mol. The van der Waals surface area contributed by atoms with Crippen molar-refractivity contribution < 1.29 is 14.7 Å². The second-order valence-corrected chi connectivity index (χ2v) is 6.12. The van der Waals surface area contributed by atoms with Gasteiger partial charge in [0, 0.05) is 16.0 Å². The van der Waals surface area contributed by atoms with Crippen LogP contribution in [-0.2, 0) is 4.79 Å². The molecule has 0 spiro atoms. The van der Waals surface area contributed by atoms with E-state index in [2.05, 4.69) is 15.9 Å². The second-order valence-electron chi connectivity index (χ2n) is 4.83. The van der Waals surface area contributed by atoms with E-state index in [-0.39, 0.29) is 5.91 Å². The molecule has 0 aliphatic carbocycles. The molecule has 6 heteroatoms. The molecule has 1 aliphatic rings. The number of carbonyl (C=O) groups excluding carboxylic acids is 1. The lowest BCUT2D eigenvalue weighted by molar-refractivity contribution is -0.142. The zero-order valence-electron chi connectivity index (χ0n) is 10.8. The van der Waals surface area contributed by atoms with Crippen LogP contribution in [0.4, 0.5) is 0 Å². The summed E-state index contributed by atoms with van der Waals surface area (Å²) in [6.45, 7) is 0.477. The third-order valence-electron chi connectivity index (χ3n) is 3.46. The number of benzene rings is 1. The minimum Gasteiger partial charge on any atom is -0.480 e. The topological polar surface area (TPSA) is 57.6 Å². The van der Waals surface area contributed by atoms with E-state index in [0.29, 0.717) is 28.0 Å². The quantitative estimate of drug-likeness (QED) is 0.877. The number of halogens is 2. The predicted molar refractivity (Wildman–Crippen MR) is 80.1 cm³/mol. The molecule has 0 saturated carbocycles. The first kappa shape index (κ1) is 15.3. The van der Waals surface area contributed by atoms with Crippen LogP contribution in [0.15, 0.2) is 22.7 Å². The summed E-state index contributed by atoms with van der Waals surface area (Å²) in [5.41, 5.74) is 0.447. The van der Waals surface area contributed by atoms with Crippen molar-refractivity contribution in [3.05, 3.63) is 33.3 Å². The fourth-order valence-electron chi connectivity index (χ4n) is 2.43. The Hall–Kier alpha value is -1.07. The van der Waals surface area contributed by atoms with Gasteiger partial charge in [-0.25, -0.2) is 4.79 Å². The lowest BCUT2D eigenvalue weighted by Crippen LogP contribution is -2.44. The molecule has 1 unspecified atom stereocenters. The van der Waals surface area contributed by atoms with Gasteiger partial charge in [0.25, 0.3) is 5.91 Å². The molecule has 2 rings (SSSR count).